The Morgan fingerprint density at radius 3 is 2.72 bits per heavy atom. The van der Waals surface area contributed by atoms with E-state index in [2.05, 4.69) is 4.99 Å². The summed E-state index contributed by atoms with van der Waals surface area (Å²) in [4.78, 5) is 17.9. The predicted octanol–water partition coefficient (Wildman–Crippen LogP) is 4.54. The Morgan fingerprint density at radius 2 is 2.00 bits per heavy atom. The van der Waals surface area contributed by atoms with Gasteiger partial charge in [0.25, 0.3) is 5.91 Å². The Bertz CT molecular complexity index is 1070. The fourth-order valence-corrected chi connectivity index (χ4v) is 4.16. The molecule has 0 aliphatic rings. The van der Waals surface area contributed by atoms with Gasteiger partial charge in [-0.1, -0.05) is 22.9 Å². The number of amides is 1. The van der Waals surface area contributed by atoms with E-state index >= 15 is 0 Å². The number of carbonyl (C=O) groups excluding carboxylic acids is 1. The number of thiazole rings is 1. The van der Waals surface area contributed by atoms with Gasteiger partial charge in [0.05, 0.1) is 36.1 Å². The minimum atomic E-state index is -0.411. The van der Waals surface area contributed by atoms with Crippen LogP contribution in [0.2, 0.25) is 5.02 Å². The van der Waals surface area contributed by atoms with E-state index in [-0.39, 0.29) is 0 Å². The van der Waals surface area contributed by atoms with Crippen LogP contribution in [0.4, 0.5) is 0 Å². The number of hydrogen-bond donors (Lipinski definition) is 0. The van der Waals surface area contributed by atoms with Crippen LogP contribution in [0.3, 0.4) is 0 Å². The van der Waals surface area contributed by atoms with Crippen molar-refractivity contribution in [3.8, 4) is 11.5 Å². The Balaban J connectivity index is 2.09. The van der Waals surface area contributed by atoms with Crippen LogP contribution < -0.4 is 14.3 Å². The maximum atomic E-state index is 12.9. The van der Waals surface area contributed by atoms with E-state index in [1.807, 2.05) is 36.6 Å². The SMILES string of the molecule is CCOCCn1c(=NC(=O)c2cc(Cl)ccc2OC)sc2cc(OCC)ccc21. The smallest absolute Gasteiger partial charge is 0.283 e. The fraction of sp³-hybridized carbons (Fsp3) is 0.333. The first kappa shape index (κ1) is 21.4. The highest BCUT2D eigenvalue weighted by molar-refractivity contribution is 7.16. The van der Waals surface area contributed by atoms with Crippen LogP contribution >= 0.6 is 22.9 Å². The molecule has 29 heavy (non-hydrogen) atoms. The molecule has 0 N–H and O–H groups in total. The molecule has 0 aliphatic carbocycles. The lowest BCUT2D eigenvalue weighted by Gasteiger charge is -2.07. The van der Waals surface area contributed by atoms with E-state index in [9.17, 15) is 4.79 Å². The first-order valence-electron chi connectivity index (χ1n) is 9.33. The van der Waals surface area contributed by atoms with Gasteiger partial charge in [-0.15, -0.1) is 0 Å². The highest BCUT2D eigenvalue weighted by Crippen LogP contribution is 2.25. The Morgan fingerprint density at radius 1 is 1.17 bits per heavy atom. The minimum Gasteiger partial charge on any atom is -0.496 e. The number of halogens is 1. The normalized spacial score (nSPS) is 11.8. The highest BCUT2D eigenvalue weighted by Gasteiger charge is 2.14. The lowest BCUT2D eigenvalue weighted by molar-refractivity contribution is 0.0993. The summed E-state index contributed by atoms with van der Waals surface area (Å²) in [7, 11) is 1.51. The average Bonchev–Trinajstić information content (AvgIpc) is 3.04. The standard InChI is InChI=1S/C21H23ClN2O4S/c1-4-27-11-10-24-17-8-7-15(28-5-2)13-19(17)29-21(24)23-20(25)16-12-14(22)6-9-18(16)26-3/h6-9,12-13H,4-5,10-11H2,1-3H3. The monoisotopic (exact) mass is 434 g/mol. The second-order valence-electron chi connectivity index (χ2n) is 6.06. The molecule has 154 valence electrons. The van der Waals surface area contributed by atoms with Crippen LogP contribution in [0.1, 0.15) is 24.2 Å². The first-order chi connectivity index (χ1) is 14.1. The van der Waals surface area contributed by atoms with Gasteiger partial charge in [0, 0.05) is 18.2 Å². The van der Waals surface area contributed by atoms with Crippen LogP contribution in [0.5, 0.6) is 11.5 Å². The fourth-order valence-electron chi connectivity index (χ4n) is 2.91. The molecule has 3 rings (SSSR count). The molecular weight excluding hydrogens is 412 g/mol. The largest absolute Gasteiger partial charge is 0.496 e. The van der Waals surface area contributed by atoms with E-state index in [1.54, 1.807) is 18.2 Å². The second-order valence-corrected chi connectivity index (χ2v) is 7.50. The third-order valence-corrected chi connectivity index (χ3v) is 5.49. The van der Waals surface area contributed by atoms with Crippen molar-refractivity contribution in [2.45, 2.75) is 20.4 Å². The molecule has 0 bridgehead atoms. The van der Waals surface area contributed by atoms with Crippen LogP contribution in [-0.4, -0.2) is 37.4 Å². The number of carbonyl (C=O) groups is 1. The molecule has 0 saturated heterocycles. The number of methoxy groups -OCH3 is 1. The summed E-state index contributed by atoms with van der Waals surface area (Å²) >= 11 is 7.49. The lowest BCUT2D eigenvalue weighted by Crippen LogP contribution is -2.20. The van der Waals surface area contributed by atoms with Gasteiger partial charge in [0.15, 0.2) is 4.80 Å². The molecule has 8 heteroatoms. The second kappa shape index (κ2) is 9.91. The quantitative estimate of drug-likeness (QED) is 0.488. The van der Waals surface area contributed by atoms with Crippen molar-refractivity contribution in [3.63, 3.8) is 0 Å². The number of ether oxygens (including phenoxy) is 3. The Hall–Kier alpha value is -2.35. The van der Waals surface area contributed by atoms with Crippen molar-refractivity contribution in [2.24, 2.45) is 4.99 Å². The number of nitrogens with zero attached hydrogens (tertiary/aromatic N) is 2. The topological polar surface area (TPSA) is 62.1 Å². The number of hydrogen-bond acceptors (Lipinski definition) is 5. The molecule has 0 aliphatic heterocycles. The Labute approximate surface area is 178 Å². The predicted molar refractivity (Wildman–Crippen MR) is 115 cm³/mol. The van der Waals surface area contributed by atoms with Gasteiger partial charge in [0.1, 0.15) is 11.5 Å². The van der Waals surface area contributed by atoms with Crippen molar-refractivity contribution in [2.75, 3.05) is 26.9 Å². The van der Waals surface area contributed by atoms with Gasteiger partial charge in [0.2, 0.25) is 0 Å². The summed E-state index contributed by atoms with van der Waals surface area (Å²) in [6.07, 6.45) is 0. The first-order valence-corrected chi connectivity index (χ1v) is 10.5. The highest BCUT2D eigenvalue weighted by atomic mass is 35.5. The molecule has 6 nitrogen and oxygen atoms in total. The van der Waals surface area contributed by atoms with E-state index in [0.29, 0.717) is 47.5 Å². The van der Waals surface area contributed by atoms with Gasteiger partial charge < -0.3 is 18.8 Å². The maximum Gasteiger partial charge on any atom is 0.283 e. The molecule has 0 fully saturated rings. The molecule has 1 aromatic heterocycles. The van der Waals surface area contributed by atoms with Crippen LogP contribution in [-0.2, 0) is 11.3 Å². The zero-order chi connectivity index (χ0) is 20.8. The lowest BCUT2D eigenvalue weighted by atomic mass is 10.2. The third kappa shape index (κ3) is 4.98. The van der Waals surface area contributed by atoms with Crippen molar-refractivity contribution >= 4 is 39.1 Å². The van der Waals surface area contributed by atoms with Gasteiger partial charge in [-0.05, 0) is 50.2 Å². The molecule has 0 radical (unpaired) electrons. The van der Waals surface area contributed by atoms with Gasteiger partial charge >= 0.3 is 0 Å². The molecule has 1 amide bonds. The number of fused-ring (bicyclic) bond motifs is 1. The molecule has 0 saturated carbocycles. The van der Waals surface area contributed by atoms with Gasteiger partial charge in [-0.25, -0.2) is 0 Å². The van der Waals surface area contributed by atoms with Gasteiger partial charge in [-0.3, -0.25) is 4.79 Å². The van der Waals surface area contributed by atoms with E-state index in [0.717, 1.165) is 16.0 Å². The van der Waals surface area contributed by atoms with E-state index in [4.69, 9.17) is 25.8 Å². The summed E-state index contributed by atoms with van der Waals surface area (Å²) in [5.74, 6) is 0.808. The van der Waals surface area contributed by atoms with E-state index < -0.39 is 5.91 Å². The van der Waals surface area contributed by atoms with Crippen LogP contribution in [0, 0.1) is 0 Å². The van der Waals surface area contributed by atoms with Crippen molar-refractivity contribution < 1.29 is 19.0 Å². The maximum absolute atomic E-state index is 12.9. The number of rotatable bonds is 8. The summed E-state index contributed by atoms with van der Waals surface area (Å²) < 4.78 is 19.4. The van der Waals surface area contributed by atoms with Crippen molar-refractivity contribution in [1.29, 1.82) is 0 Å². The molecule has 0 spiro atoms. The molecule has 0 unspecified atom stereocenters. The average molecular weight is 435 g/mol. The van der Waals surface area contributed by atoms with Gasteiger partial charge in [-0.2, -0.15) is 4.99 Å². The minimum absolute atomic E-state index is 0.323. The van der Waals surface area contributed by atoms with Crippen LogP contribution in [0.15, 0.2) is 41.4 Å². The zero-order valence-electron chi connectivity index (χ0n) is 16.6. The Kier molecular flexibility index (Phi) is 7.30. The zero-order valence-corrected chi connectivity index (χ0v) is 18.2. The number of benzene rings is 2. The molecule has 2 aromatic carbocycles. The summed E-state index contributed by atoms with van der Waals surface area (Å²) in [6, 6.07) is 10.8. The summed E-state index contributed by atoms with van der Waals surface area (Å²) in [5.41, 5.74) is 1.30. The molecular formula is C21H23ClN2O4S. The molecule has 1 heterocycles. The summed E-state index contributed by atoms with van der Waals surface area (Å²) in [5, 5.41) is 0.450. The van der Waals surface area contributed by atoms with E-state index in [1.165, 1.54) is 18.4 Å². The summed E-state index contributed by atoms with van der Waals surface area (Å²) in [6.45, 7) is 6.22. The number of aromatic nitrogens is 1. The van der Waals surface area contributed by atoms with Crippen LogP contribution in [0.25, 0.3) is 10.2 Å². The third-order valence-electron chi connectivity index (χ3n) is 4.22. The van der Waals surface area contributed by atoms with Crippen molar-refractivity contribution in [3.05, 3.63) is 51.8 Å². The molecule has 3 aromatic rings. The molecule has 0 atom stereocenters. The van der Waals surface area contributed by atoms with Crippen molar-refractivity contribution in [1.82, 2.24) is 4.57 Å².